The first kappa shape index (κ1) is 10.9. The summed E-state index contributed by atoms with van der Waals surface area (Å²) in [5.41, 5.74) is 6.95. The third kappa shape index (κ3) is 1.74. The molecular weight excluding hydrogens is 204 g/mol. The summed E-state index contributed by atoms with van der Waals surface area (Å²) in [5, 5.41) is 0. The zero-order valence-electron chi connectivity index (χ0n) is 9.77. The van der Waals surface area contributed by atoms with E-state index < -0.39 is 5.54 Å². The molecule has 0 aliphatic heterocycles. The van der Waals surface area contributed by atoms with Gasteiger partial charge in [-0.1, -0.05) is 0 Å². The molecule has 2 aromatic heterocycles. The van der Waals surface area contributed by atoms with Gasteiger partial charge in [0.1, 0.15) is 0 Å². The van der Waals surface area contributed by atoms with Gasteiger partial charge in [0.25, 0.3) is 0 Å². The minimum Gasteiger partial charge on any atom is -0.324 e. The van der Waals surface area contributed by atoms with Gasteiger partial charge in [0.15, 0.2) is 5.65 Å². The maximum Gasteiger partial charge on any atom is 0.330 e. The molecule has 0 fully saturated rings. The van der Waals surface area contributed by atoms with Crippen LogP contribution in [0.1, 0.15) is 13.8 Å². The topological polar surface area (TPSA) is 65.8 Å². The Morgan fingerprint density at radius 2 is 2.19 bits per heavy atom. The van der Waals surface area contributed by atoms with Crippen LogP contribution < -0.4 is 11.4 Å². The van der Waals surface area contributed by atoms with Crippen molar-refractivity contribution in [2.45, 2.75) is 25.9 Å². The standard InChI is InChI=1S/C11H16N4O/c1-11(2,12)7-15-9-8(5-4-6-13-9)14(3)10(15)16/h4-6H,7,12H2,1-3H3. The molecule has 0 bridgehead atoms. The van der Waals surface area contributed by atoms with Crippen LogP contribution in [0.3, 0.4) is 0 Å². The van der Waals surface area contributed by atoms with Crippen molar-refractivity contribution >= 4 is 11.2 Å². The summed E-state index contributed by atoms with van der Waals surface area (Å²) in [7, 11) is 1.74. The average molecular weight is 220 g/mol. The van der Waals surface area contributed by atoms with Crippen molar-refractivity contribution < 1.29 is 0 Å². The highest BCUT2D eigenvalue weighted by atomic mass is 16.1. The molecule has 0 aromatic carbocycles. The lowest BCUT2D eigenvalue weighted by atomic mass is 10.1. The number of rotatable bonds is 2. The number of pyridine rings is 1. The molecule has 0 radical (unpaired) electrons. The summed E-state index contributed by atoms with van der Waals surface area (Å²) in [4.78, 5) is 16.2. The smallest absolute Gasteiger partial charge is 0.324 e. The van der Waals surface area contributed by atoms with Crippen molar-refractivity contribution in [3.63, 3.8) is 0 Å². The number of imidazole rings is 1. The Hall–Kier alpha value is -1.62. The second-order valence-corrected chi connectivity index (χ2v) is 4.76. The van der Waals surface area contributed by atoms with E-state index in [4.69, 9.17) is 5.73 Å². The molecule has 2 N–H and O–H groups in total. The quantitative estimate of drug-likeness (QED) is 0.800. The molecule has 0 unspecified atom stereocenters. The van der Waals surface area contributed by atoms with Gasteiger partial charge in [0.05, 0.1) is 5.52 Å². The molecule has 0 atom stereocenters. The maximum absolute atomic E-state index is 12.0. The number of hydrogen-bond donors (Lipinski definition) is 1. The number of aryl methyl sites for hydroxylation is 1. The Morgan fingerprint density at radius 3 is 2.81 bits per heavy atom. The number of hydrogen-bond acceptors (Lipinski definition) is 3. The predicted octanol–water partition coefficient (Wildman–Crippen LogP) is 0.472. The van der Waals surface area contributed by atoms with Crippen molar-refractivity contribution in [2.24, 2.45) is 12.8 Å². The highest BCUT2D eigenvalue weighted by Crippen LogP contribution is 2.10. The van der Waals surface area contributed by atoms with Crippen molar-refractivity contribution in [3.8, 4) is 0 Å². The van der Waals surface area contributed by atoms with Crippen molar-refractivity contribution in [2.75, 3.05) is 0 Å². The Bertz CT molecular complexity index is 574. The lowest BCUT2D eigenvalue weighted by molar-refractivity contribution is 0.429. The van der Waals surface area contributed by atoms with Crippen LogP contribution in [0.5, 0.6) is 0 Å². The van der Waals surface area contributed by atoms with Gasteiger partial charge < -0.3 is 5.73 Å². The van der Waals surface area contributed by atoms with E-state index in [0.29, 0.717) is 12.2 Å². The van der Waals surface area contributed by atoms with Crippen LogP contribution in [0.4, 0.5) is 0 Å². The van der Waals surface area contributed by atoms with Gasteiger partial charge in [-0.05, 0) is 26.0 Å². The molecule has 2 heterocycles. The molecule has 5 heteroatoms. The van der Waals surface area contributed by atoms with Crippen LogP contribution in [-0.2, 0) is 13.6 Å². The SMILES string of the molecule is Cn1c(=O)n(CC(C)(C)N)c2ncccc21. The van der Waals surface area contributed by atoms with Gasteiger partial charge in [0.2, 0.25) is 0 Å². The van der Waals surface area contributed by atoms with Gasteiger partial charge in [-0.25, -0.2) is 9.78 Å². The van der Waals surface area contributed by atoms with Crippen LogP contribution >= 0.6 is 0 Å². The van der Waals surface area contributed by atoms with Crippen LogP contribution in [0, 0.1) is 0 Å². The van der Waals surface area contributed by atoms with Gasteiger partial charge >= 0.3 is 5.69 Å². The fraction of sp³-hybridized carbons (Fsp3) is 0.455. The summed E-state index contributed by atoms with van der Waals surface area (Å²) < 4.78 is 3.21. The molecule has 0 aliphatic carbocycles. The van der Waals surface area contributed by atoms with Crippen LogP contribution in [0.2, 0.25) is 0 Å². The van der Waals surface area contributed by atoms with E-state index in [1.54, 1.807) is 22.4 Å². The number of aromatic nitrogens is 3. The summed E-state index contributed by atoms with van der Waals surface area (Å²) in [5.74, 6) is 0. The summed E-state index contributed by atoms with van der Waals surface area (Å²) in [6, 6.07) is 3.70. The molecule has 5 nitrogen and oxygen atoms in total. The fourth-order valence-electron chi connectivity index (χ4n) is 1.78. The highest BCUT2D eigenvalue weighted by molar-refractivity contribution is 5.71. The van der Waals surface area contributed by atoms with Crippen LogP contribution in [0.15, 0.2) is 23.1 Å². The highest BCUT2D eigenvalue weighted by Gasteiger charge is 2.18. The molecular formula is C11H16N4O. The monoisotopic (exact) mass is 220 g/mol. The molecule has 0 saturated carbocycles. The van der Waals surface area contributed by atoms with Crippen molar-refractivity contribution in [1.82, 2.24) is 14.1 Å². The Morgan fingerprint density at radius 1 is 1.50 bits per heavy atom. The largest absolute Gasteiger partial charge is 0.330 e. The predicted molar refractivity (Wildman–Crippen MR) is 63.2 cm³/mol. The zero-order valence-corrected chi connectivity index (χ0v) is 9.77. The first-order valence-corrected chi connectivity index (χ1v) is 5.19. The van der Waals surface area contributed by atoms with Crippen molar-refractivity contribution in [3.05, 3.63) is 28.8 Å². The summed E-state index contributed by atoms with van der Waals surface area (Å²) >= 11 is 0. The molecule has 2 aromatic rings. The number of fused-ring (bicyclic) bond motifs is 1. The van der Waals surface area contributed by atoms with Gasteiger partial charge in [0, 0.05) is 25.3 Å². The van der Waals surface area contributed by atoms with E-state index >= 15 is 0 Å². The average Bonchev–Trinajstić information content (AvgIpc) is 2.43. The first-order chi connectivity index (χ1) is 7.40. The lowest BCUT2D eigenvalue weighted by Crippen LogP contribution is -2.40. The second kappa shape index (κ2) is 3.45. The molecule has 0 aliphatic rings. The van der Waals surface area contributed by atoms with E-state index in [1.807, 2.05) is 26.0 Å². The van der Waals surface area contributed by atoms with E-state index in [2.05, 4.69) is 4.98 Å². The number of nitrogens with two attached hydrogens (primary N) is 1. The second-order valence-electron chi connectivity index (χ2n) is 4.76. The van der Waals surface area contributed by atoms with E-state index in [0.717, 1.165) is 5.52 Å². The van der Waals surface area contributed by atoms with E-state index in [-0.39, 0.29) is 5.69 Å². The zero-order chi connectivity index (χ0) is 11.9. The van der Waals surface area contributed by atoms with E-state index in [1.165, 1.54) is 0 Å². The molecule has 0 amide bonds. The van der Waals surface area contributed by atoms with Crippen LogP contribution in [-0.4, -0.2) is 19.7 Å². The summed E-state index contributed by atoms with van der Waals surface area (Å²) in [6.45, 7) is 4.24. The molecule has 86 valence electrons. The molecule has 16 heavy (non-hydrogen) atoms. The van der Waals surface area contributed by atoms with Gasteiger partial charge in [-0.15, -0.1) is 0 Å². The first-order valence-electron chi connectivity index (χ1n) is 5.19. The van der Waals surface area contributed by atoms with E-state index in [9.17, 15) is 4.79 Å². The minimum absolute atomic E-state index is 0.0766. The van der Waals surface area contributed by atoms with Gasteiger partial charge in [-0.3, -0.25) is 9.13 Å². The third-order valence-electron chi connectivity index (χ3n) is 2.47. The van der Waals surface area contributed by atoms with Gasteiger partial charge in [-0.2, -0.15) is 0 Å². The van der Waals surface area contributed by atoms with Crippen molar-refractivity contribution in [1.29, 1.82) is 0 Å². The molecule has 2 rings (SSSR count). The Balaban J connectivity index is 2.70. The summed E-state index contributed by atoms with van der Waals surface area (Å²) in [6.07, 6.45) is 1.68. The third-order valence-corrected chi connectivity index (χ3v) is 2.47. The fourth-order valence-corrected chi connectivity index (χ4v) is 1.78. The van der Waals surface area contributed by atoms with Crippen LogP contribution in [0.25, 0.3) is 11.2 Å². The molecule has 0 saturated heterocycles. The number of nitrogens with zero attached hydrogens (tertiary/aromatic N) is 3. The molecule has 0 spiro atoms. The Kier molecular flexibility index (Phi) is 2.35. The minimum atomic E-state index is -0.435. The maximum atomic E-state index is 12.0. The normalized spacial score (nSPS) is 12.2. The Labute approximate surface area is 93.5 Å². The lowest BCUT2D eigenvalue weighted by Gasteiger charge is -2.18.